The Morgan fingerprint density at radius 1 is 1.67 bits per heavy atom. The normalized spacial score (nSPS) is 27.0. The molecule has 0 aromatic carbocycles. The standard InChI is InChI=1S/C5H11NO2S/c1-2-6-5(7,8)3-4-9-6/h7-8H,2-4H2,1H3. The number of aliphatic hydroxyl groups is 2. The first-order valence-corrected chi connectivity index (χ1v) is 3.96. The Morgan fingerprint density at radius 2 is 2.33 bits per heavy atom. The smallest absolute Gasteiger partial charge is 0.235 e. The molecule has 0 spiro atoms. The predicted octanol–water partition coefficient (Wildman–Crippen LogP) is -0.00140. The first-order chi connectivity index (χ1) is 4.17. The molecule has 1 rings (SSSR count). The molecule has 0 aromatic rings. The van der Waals surface area contributed by atoms with E-state index < -0.39 is 5.91 Å². The zero-order chi connectivity index (χ0) is 6.91. The van der Waals surface area contributed by atoms with Crippen LogP contribution in [-0.4, -0.2) is 32.7 Å². The van der Waals surface area contributed by atoms with E-state index in [-0.39, 0.29) is 0 Å². The minimum atomic E-state index is -1.54. The number of rotatable bonds is 1. The highest BCUT2D eigenvalue weighted by atomic mass is 32.2. The highest BCUT2D eigenvalue weighted by Gasteiger charge is 2.36. The van der Waals surface area contributed by atoms with Gasteiger partial charge in [-0.05, 0) is 0 Å². The van der Waals surface area contributed by atoms with E-state index in [1.165, 1.54) is 11.9 Å². The van der Waals surface area contributed by atoms with Crippen LogP contribution < -0.4 is 0 Å². The van der Waals surface area contributed by atoms with E-state index in [1.54, 1.807) is 4.31 Å². The molecule has 3 nitrogen and oxygen atoms in total. The zero-order valence-electron chi connectivity index (χ0n) is 5.37. The van der Waals surface area contributed by atoms with Crippen LogP contribution in [0.25, 0.3) is 0 Å². The van der Waals surface area contributed by atoms with Crippen molar-refractivity contribution in [2.75, 3.05) is 12.3 Å². The van der Waals surface area contributed by atoms with Gasteiger partial charge in [0.2, 0.25) is 5.91 Å². The molecule has 0 radical (unpaired) electrons. The molecule has 0 aromatic heterocycles. The van der Waals surface area contributed by atoms with Crippen LogP contribution in [0.3, 0.4) is 0 Å². The Hall–Kier alpha value is 0.230. The van der Waals surface area contributed by atoms with Crippen molar-refractivity contribution in [3.8, 4) is 0 Å². The number of hydrogen-bond donors (Lipinski definition) is 2. The van der Waals surface area contributed by atoms with Gasteiger partial charge in [0.1, 0.15) is 0 Å². The molecule has 0 saturated carbocycles. The summed E-state index contributed by atoms with van der Waals surface area (Å²) in [4.78, 5) is 0. The van der Waals surface area contributed by atoms with Crippen molar-refractivity contribution >= 4 is 11.9 Å². The molecule has 1 aliphatic heterocycles. The Bertz CT molecular complexity index is 107. The lowest BCUT2D eigenvalue weighted by molar-refractivity contribution is -0.222. The summed E-state index contributed by atoms with van der Waals surface area (Å²) >= 11 is 1.48. The van der Waals surface area contributed by atoms with Gasteiger partial charge in [-0.3, -0.25) is 0 Å². The second-order valence-electron chi connectivity index (χ2n) is 2.05. The van der Waals surface area contributed by atoms with Crippen LogP contribution >= 0.6 is 11.9 Å². The fourth-order valence-corrected chi connectivity index (χ4v) is 1.93. The van der Waals surface area contributed by atoms with Gasteiger partial charge in [0.05, 0.1) is 0 Å². The summed E-state index contributed by atoms with van der Waals surface area (Å²) in [6, 6.07) is 0. The quantitative estimate of drug-likeness (QED) is 0.407. The second kappa shape index (κ2) is 2.46. The first-order valence-electron chi connectivity index (χ1n) is 3.02. The maximum Gasteiger partial charge on any atom is 0.235 e. The van der Waals surface area contributed by atoms with Crippen molar-refractivity contribution in [1.29, 1.82) is 0 Å². The summed E-state index contributed by atoms with van der Waals surface area (Å²) in [6.45, 7) is 2.58. The predicted molar refractivity (Wildman–Crippen MR) is 36.6 cm³/mol. The van der Waals surface area contributed by atoms with Gasteiger partial charge in [-0.25, -0.2) is 0 Å². The molecule has 2 N–H and O–H groups in total. The zero-order valence-corrected chi connectivity index (χ0v) is 6.19. The first kappa shape index (κ1) is 7.34. The third-order valence-corrected chi connectivity index (χ3v) is 2.62. The second-order valence-corrected chi connectivity index (χ2v) is 3.16. The topological polar surface area (TPSA) is 43.7 Å². The molecule has 4 heteroatoms. The van der Waals surface area contributed by atoms with E-state index in [0.29, 0.717) is 13.0 Å². The Balaban J connectivity index is 2.52. The molecule has 0 aliphatic carbocycles. The molecule has 9 heavy (non-hydrogen) atoms. The lowest BCUT2D eigenvalue weighted by Gasteiger charge is -2.24. The van der Waals surface area contributed by atoms with Gasteiger partial charge in [-0.15, -0.1) is 0 Å². The molecule has 1 heterocycles. The van der Waals surface area contributed by atoms with Crippen molar-refractivity contribution in [3.05, 3.63) is 0 Å². The molecule has 54 valence electrons. The molecule has 0 amide bonds. The van der Waals surface area contributed by atoms with Crippen LogP contribution in [0.1, 0.15) is 13.3 Å². The number of hydrogen-bond acceptors (Lipinski definition) is 4. The minimum Gasteiger partial charge on any atom is -0.353 e. The van der Waals surface area contributed by atoms with E-state index >= 15 is 0 Å². The van der Waals surface area contributed by atoms with Crippen molar-refractivity contribution in [3.63, 3.8) is 0 Å². The molecule has 0 atom stereocenters. The van der Waals surface area contributed by atoms with Crippen molar-refractivity contribution in [1.82, 2.24) is 4.31 Å². The highest BCUT2D eigenvalue weighted by Crippen LogP contribution is 2.31. The van der Waals surface area contributed by atoms with Gasteiger partial charge in [-0.1, -0.05) is 18.9 Å². The van der Waals surface area contributed by atoms with Crippen molar-refractivity contribution in [2.45, 2.75) is 19.3 Å². The highest BCUT2D eigenvalue weighted by molar-refractivity contribution is 7.97. The van der Waals surface area contributed by atoms with Crippen LogP contribution in [0.4, 0.5) is 0 Å². The summed E-state index contributed by atoms with van der Waals surface area (Å²) in [6.07, 6.45) is 0.450. The van der Waals surface area contributed by atoms with Crippen LogP contribution in [0.15, 0.2) is 0 Å². The SMILES string of the molecule is CCN1SCCC1(O)O. The largest absolute Gasteiger partial charge is 0.353 e. The molecular formula is C5H11NO2S. The van der Waals surface area contributed by atoms with Crippen LogP contribution in [0.5, 0.6) is 0 Å². The molecule has 1 aliphatic rings. The van der Waals surface area contributed by atoms with E-state index in [9.17, 15) is 0 Å². The van der Waals surface area contributed by atoms with Gasteiger partial charge >= 0.3 is 0 Å². The third-order valence-electron chi connectivity index (χ3n) is 1.37. The van der Waals surface area contributed by atoms with Crippen LogP contribution in [0.2, 0.25) is 0 Å². The molecule has 1 fully saturated rings. The van der Waals surface area contributed by atoms with Gasteiger partial charge in [0, 0.05) is 18.7 Å². The Labute approximate surface area is 58.8 Å². The van der Waals surface area contributed by atoms with Crippen molar-refractivity contribution < 1.29 is 10.2 Å². The Morgan fingerprint density at radius 3 is 2.56 bits per heavy atom. The Kier molecular flexibility index (Phi) is 2.00. The maximum atomic E-state index is 9.11. The average Bonchev–Trinajstić information content (AvgIpc) is 2.08. The lowest BCUT2D eigenvalue weighted by Crippen LogP contribution is -2.39. The molecule has 0 bridgehead atoms. The lowest BCUT2D eigenvalue weighted by atomic mass is 10.3. The summed E-state index contributed by atoms with van der Waals surface area (Å²) in [5, 5.41) is 18.2. The molecular weight excluding hydrogens is 138 g/mol. The monoisotopic (exact) mass is 149 g/mol. The average molecular weight is 149 g/mol. The van der Waals surface area contributed by atoms with Crippen molar-refractivity contribution in [2.24, 2.45) is 0 Å². The summed E-state index contributed by atoms with van der Waals surface area (Å²) in [7, 11) is 0. The van der Waals surface area contributed by atoms with Gasteiger partial charge in [0.25, 0.3) is 0 Å². The summed E-state index contributed by atoms with van der Waals surface area (Å²) < 4.78 is 1.58. The van der Waals surface area contributed by atoms with Crippen LogP contribution in [-0.2, 0) is 0 Å². The van der Waals surface area contributed by atoms with Gasteiger partial charge in [0.15, 0.2) is 0 Å². The van der Waals surface area contributed by atoms with E-state index in [2.05, 4.69) is 0 Å². The summed E-state index contributed by atoms with van der Waals surface area (Å²) in [5.74, 6) is -0.736. The van der Waals surface area contributed by atoms with E-state index in [1.807, 2.05) is 6.92 Å². The summed E-state index contributed by atoms with van der Waals surface area (Å²) in [5.41, 5.74) is 0. The van der Waals surface area contributed by atoms with Crippen LogP contribution in [0, 0.1) is 0 Å². The van der Waals surface area contributed by atoms with E-state index in [4.69, 9.17) is 10.2 Å². The maximum absolute atomic E-state index is 9.11. The van der Waals surface area contributed by atoms with E-state index in [0.717, 1.165) is 5.75 Å². The fourth-order valence-electron chi connectivity index (χ4n) is 0.865. The van der Waals surface area contributed by atoms with Gasteiger partial charge in [-0.2, -0.15) is 4.31 Å². The minimum absolute atomic E-state index is 0.450. The third kappa shape index (κ3) is 1.38. The molecule has 0 unspecified atom stereocenters. The molecule has 1 saturated heterocycles. The van der Waals surface area contributed by atoms with Gasteiger partial charge < -0.3 is 10.2 Å². The fraction of sp³-hybridized carbons (Fsp3) is 1.00. The number of nitrogens with zero attached hydrogens (tertiary/aromatic N) is 1.